The van der Waals surface area contributed by atoms with Crippen molar-refractivity contribution in [2.75, 3.05) is 13.1 Å². The maximum absolute atomic E-state index is 13.2. The zero-order chi connectivity index (χ0) is 19.3. The highest BCUT2D eigenvalue weighted by atomic mass is 35.5. The summed E-state index contributed by atoms with van der Waals surface area (Å²) in [6.45, 7) is 3.80. The van der Waals surface area contributed by atoms with Crippen molar-refractivity contribution in [2.45, 2.75) is 26.4 Å². The minimum absolute atomic E-state index is 0.183. The summed E-state index contributed by atoms with van der Waals surface area (Å²) in [5, 5.41) is 20.1. The van der Waals surface area contributed by atoms with Gasteiger partial charge in [0.2, 0.25) is 5.91 Å². The number of nitrogens with one attached hydrogen (secondary N) is 1. The number of rotatable bonds is 8. The summed E-state index contributed by atoms with van der Waals surface area (Å²) in [4.78, 5) is 24.0. The van der Waals surface area contributed by atoms with E-state index in [0.717, 1.165) is 0 Å². The van der Waals surface area contributed by atoms with E-state index in [1.807, 2.05) is 0 Å². The van der Waals surface area contributed by atoms with E-state index in [1.165, 1.54) is 29.8 Å². The molecular formula is C16H19ClFN5O3. The molecule has 2 rings (SSSR count). The number of hydrogen-bond donors (Lipinski definition) is 2. The van der Waals surface area contributed by atoms with Crippen LogP contribution < -0.4 is 5.32 Å². The second-order valence-electron chi connectivity index (χ2n) is 5.72. The Bertz CT molecular complexity index is 798. The summed E-state index contributed by atoms with van der Waals surface area (Å²) in [7, 11) is 0. The highest BCUT2D eigenvalue weighted by Crippen LogP contribution is 2.21. The van der Waals surface area contributed by atoms with Crippen molar-refractivity contribution in [3.8, 4) is 5.69 Å². The van der Waals surface area contributed by atoms with Crippen molar-refractivity contribution in [3.63, 3.8) is 0 Å². The highest BCUT2D eigenvalue weighted by molar-refractivity contribution is 6.32. The van der Waals surface area contributed by atoms with Crippen LogP contribution in [-0.4, -0.2) is 56.0 Å². The number of carboxylic acids is 1. The fourth-order valence-electron chi connectivity index (χ4n) is 2.31. The van der Waals surface area contributed by atoms with E-state index in [-0.39, 0.29) is 17.5 Å². The van der Waals surface area contributed by atoms with Gasteiger partial charge in [0, 0.05) is 26.6 Å². The molecule has 1 atom stereocenters. The maximum atomic E-state index is 13.2. The molecule has 140 valence electrons. The van der Waals surface area contributed by atoms with Gasteiger partial charge in [-0.1, -0.05) is 16.8 Å². The molecule has 1 unspecified atom stereocenters. The third kappa shape index (κ3) is 5.24. The molecule has 0 fully saturated rings. The number of carbonyl (C=O) groups is 2. The van der Waals surface area contributed by atoms with Crippen molar-refractivity contribution < 1.29 is 19.1 Å². The van der Waals surface area contributed by atoms with Gasteiger partial charge in [0.15, 0.2) is 0 Å². The number of nitrogens with zero attached hydrogens (tertiary/aromatic N) is 4. The van der Waals surface area contributed by atoms with Crippen molar-refractivity contribution in [1.82, 2.24) is 25.2 Å². The van der Waals surface area contributed by atoms with E-state index in [9.17, 15) is 19.1 Å². The monoisotopic (exact) mass is 383 g/mol. The molecule has 0 aliphatic heterocycles. The SMILES string of the molecule is CC(=O)NCCN(Cc1cn(-c2ccc(F)cc2Cl)nn1)C(C)C(=O)O. The van der Waals surface area contributed by atoms with Crippen LogP contribution in [0.15, 0.2) is 24.4 Å². The minimum atomic E-state index is -0.984. The lowest BCUT2D eigenvalue weighted by molar-refractivity contribution is -0.142. The molecule has 0 aliphatic carbocycles. The molecular weight excluding hydrogens is 365 g/mol. The average molecular weight is 384 g/mol. The number of hydrogen-bond acceptors (Lipinski definition) is 5. The van der Waals surface area contributed by atoms with Gasteiger partial charge in [-0.25, -0.2) is 9.07 Å². The molecule has 1 heterocycles. The Balaban J connectivity index is 2.14. The fraction of sp³-hybridized carbons (Fsp3) is 0.375. The molecule has 1 amide bonds. The first kappa shape index (κ1) is 19.8. The summed E-state index contributed by atoms with van der Waals surface area (Å²) in [5.41, 5.74) is 0.976. The van der Waals surface area contributed by atoms with Crippen LogP contribution in [0, 0.1) is 5.82 Å². The number of aromatic nitrogens is 3. The smallest absolute Gasteiger partial charge is 0.320 e. The molecule has 26 heavy (non-hydrogen) atoms. The van der Waals surface area contributed by atoms with Crippen LogP contribution in [0.25, 0.3) is 5.69 Å². The largest absolute Gasteiger partial charge is 0.480 e. The molecule has 0 aliphatic rings. The normalized spacial score (nSPS) is 12.2. The van der Waals surface area contributed by atoms with E-state index in [4.69, 9.17) is 11.6 Å². The average Bonchev–Trinajstić information content (AvgIpc) is 3.01. The predicted octanol–water partition coefficient (Wildman–Crippen LogP) is 1.47. The third-order valence-corrected chi connectivity index (χ3v) is 4.04. The molecule has 0 radical (unpaired) electrons. The van der Waals surface area contributed by atoms with E-state index in [0.29, 0.717) is 24.5 Å². The van der Waals surface area contributed by atoms with Crippen molar-refractivity contribution in [2.24, 2.45) is 0 Å². The number of amides is 1. The fourth-order valence-corrected chi connectivity index (χ4v) is 2.56. The molecule has 0 saturated carbocycles. The first-order chi connectivity index (χ1) is 12.3. The van der Waals surface area contributed by atoms with Crippen LogP contribution >= 0.6 is 11.6 Å². The number of aliphatic carboxylic acids is 1. The second-order valence-corrected chi connectivity index (χ2v) is 6.13. The second kappa shape index (κ2) is 8.72. The van der Waals surface area contributed by atoms with Gasteiger partial charge in [0.05, 0.1) is 22.6 Å². The summed E-state index contributed by atoms with van der Waals surface area (Å²) >= 11 is 6.01. The highest BCUT2D eigenvalue weighted by Gasteiger charge is 2.22. The Morgan fingerprint density at radius 3 is 2.81 bits per heavy atom. The van der Waals surface area contributed by atoms with Crippen molar-refractivity contribution in [3.05, 3.63) is 40.9 Å². The zero-order valence-corrected chi connectivity index (χ0v) is 15.1. The Kier molecular flexibility index (Phi) is 6.64. The van der Waals surface area contributed by atoms with E-state index >= 15 is 0 Å². The van der Waals surface area contributed by atoms with Gasteiger partial charge in [-0.2, -0.15) is 0 Å². The van der Waals surface area contributed by atoms with Gasteiger partial charge in [-0.05, 0) is 25.1 Å². The standard InChI is InChI=1S/C16H19ClFN5O3/c1-10(16(25)26)22(6-5-19-11(2)24)8-13-9-23(21-20-13)15-4-3-12(18)7-14(15)17/h3-4,7,9-10H,5-6,8H2,1-2H3,(H,19,24)(H,25,26). The van der Waals surface area contributed by atoms with E-state index in [1.54, 1.807) is 18.0 Å². The van der Waals surface area contributed by atoms with Crippen LogP contribution in [-0.2, 0) is 16.1 Å². The van der Waals surface area contributed by atoms with Crippen molar-refractivity contribution >= 4 is 23.5 Å². The Hall–Kier alpha value is -2.52. The van der Waals surface area contributed by atoms with Gasteiger partial charge < -0.3 is 10.4 Å². The van der Waals surface area contributed by atoms with Crippen LogP contribution in [0.1, 0.15) is 19.5 Å². The quantitative estimate of drug-likeness (QED) is 0.716. The first-order valence-corrected chi connectivity index (χ1v) is 8.23. The number of benzene rings is 1. The summed E-state index contributed by atoms with van der Waals surface area (Å²) in [6.07, 6.45) is 1.60. The van der Waals surface area contributed by atoms with Crippen molar-refractivity contribution in [1.29, 1.82) is 0 Å². The molecule has 0 spiro atoms. The predicted molar refractivity (Wildman–Crippen MR) is 92.5 cm³/mol. The Morgan fingerprint density at radius 2 is 2.19 bits per heavy atom. The summed E-state index contributed by atoms with van der Waals surface area (Å²) in [6, 6.07) is 3.13. The van der Waals surface area contributed by atoms with E-state index in [2.05, 4.69) is 15.6 Å². The van der Waals surface area contributed by atoms with Gasteiger partial charge in [0.1, 0.15) is 11.9 Å². The summed E-state index contributed by atoms with van der Waals surface area (Å²) < 4.78 is 14.6. The van der Waals surface area contributed by atoms with Crippen LogP contribution in [0.3, 0.4) is 0 Å². The first-order valence-electron chi connectivity index (χ1n) is 7.86. The van der Waals surface area contributed by atoms with Gasteiger partial charge >= 0.3 is 5.97 Å². The number of halogens is 2. The third-order valence-electron chi connectivity index (χ3n) is 3.74. The lowest BCUT2D eigenvalue weighted by Crippen LogP contribution is -2.42. The molecule has 0 bridgehead atoms. The van der Waals surface area contributed by atoms with Gasteiger partial charge in [-0.3, -0.25) is 14.5 Å². The molecule has 2 aromatic rings. The summed E-state index contributed by atoms with van der Waals surface area (Å²) in [5.74, 6) is -1.63. The number of carbonyl (C=O) groups excluding carboxylic acids is 1. The molecule has 10 heteroatoms. The minimum Gasteiger partial charge on any atom is -0.480 e. The zero-order valence-electron chi connectivity index (χ0n) is 14.3. The lowest BCUT2D eigenvalue weighted by Gasteiger charge is -2.25. The molecule has 0 saturated heterocycles. The number of carboxylic acid groups (broad SMARTS) is 1. The van der Waals surface area contributed by atoms with Crippen LogP contribution in [0.5, 0.6) is 0 Å². The lowest BCUT2D eigenvalue weighted by atomic mass is 10.2. The molecule has 8 nitrogen and oxygen atoms in total. The van der Waals surface area contributed by atoms with Crippen LogP contribution in [0.2, 0.25) is 5.02 Å². The van der Waals surface area contributed by atoms with E-state index < -0.39 is 17.8 Å². The van der Waals surface area contributed by atoms with Gasteiger partial charge in [-0.15, -0.1) is 5.10 Å². The van der Waals surface area contributed by atoms with Gasteiger partial charge in [0.25, 0.3) is 0 Å². The van der Waals surface area contributed by atoms with Crippen LogP contribution in [0.4, 0.5) is 4.39 Å². The Labute approximate surface area is 154 Å². The molecule has 2 N–H and O–H groups in total. The maximum Gasteiger partial charge on any atom is 0.320 e. The molecule has 1 aromatic carbocycles. The molecule has 1 aromatic heterocycles. The topological polar surface area (TPSA) is 100 Å². The Morgan fingerprint density at radius 1 is 1.46 bits per heavy atom.